The molecular formula is C15H28N2O2. The maximum absolute atomic E-state index is 6.13. The largest absolute Gasteiger partial charge is 0.381 e. The van der Waals surface area contributed by atoms with Crippen molar-refractivity contribution in [3.63, 3.8) is 0 Å². The van der Waals surface area contributed by atoms with Gasteiger partial charge in [0, 0.05) is 25.9 Å². The van der Waals surface area contributed by atoms with E-state index in [-0.39, 0.29) is 5.60 Å². The quantitative estimate of drug-likeness (QED) is 0.606. The minimum atomic E-state index is 0.0787. The van der Waals surface area contributed by atoms with Gasteiger partial charge in [0.15, 0.2) is 0 Å². The monoisotopic (exact) mass is 268 g/mol. The third kappa shape index (κ3) is 2.68. The fraction of sp³-hybridized carbons (Fsp3) is 1.00. The molecule has 0 amide bonds. The van der Waals surface area contributed by atoms with Crippen LogP contribution in [0.4, 0.5) is 0 Å². The normalized spacial score (nSPS) is 38.1. The summed E-state index contributed by atoms with van der Waals surface area (Å²) in [6.45, 7) is 7.29. The fourth-order valence-corrected chi connectivity index (χ4v) is 4.17. The highest BCUT2D eigenvalue weighted by molar-refractivity contribution is 5.05. The van der Waals surface area contributed by atoms with Crippen LogP contribution < -0.4 is 11.3 Å². The van der Waals surface area contributed by atoms with Crippen LogP contribution in [-0.2, 0) is 9.47 Å². The van der Waals surface area contributed by atoms with Crippen LogP contribution in [0, 0.1) is 17.3 Å². The average Bonchev–Trinajstić information content (AvgIpc) is 3.00. The Labute approximate surface area is 116 Å². The molecule has 3 atom stereocenters. The summed E-state index contributed by atoms with van der Waals surface area (Å²) < 4.78 is 11.6. The number of ether oxygens (including phenoxy) is 2. The van der Waals surface area contributed by atoms with E-state index in [4.69, 9.17) is 15.3 Å². The van der Waals surface area contributed by atoms with E-state index in [9.17, 15) is 0 Å². The molecule has 2 aliphatic heterocycles. The van der Waals surface area contributed by atoms with Gasteiger partial charge in [-0.3, -0.25) is 11.3 Å². The first kappa shape index (κ1) is 13.8. The molecule has 3 fully saturated rings. The molecule has 3 N–H and O–H groups in total. The van der Waals surface area contributed by atoms with Crippen LogP contribution in [0.3, 0.4) is 0 Å². The Hall–Kier alpha value is -0.160. The van der Waals surface area contributed by atoms with E-state index in [1.807, 2.05) is 0 Å². The molecule has 3 aliphatic rings. The fourth-order valence-electron chi connectivity index (χ4n) is 4.17. The summed E-state index contributed by atoms with van der Waals surface area (Å²) >= 11 is 0. The van der Waals surface area contributed by atoms with Crippen molar-refractivity contribution >= 4 is 0 Å². The molecular weight excluding hydrogens is 240 g/mol. The van der Waals surface area contributed by atoms with Crippen LogP contribution in [0.25, 0.3) is 0 Å². The molecule has 19 heavy (non-hydrogen) atoms. The average molecular weight is 268 g/mol. The van der Waals surface area contributed by atoms with Crippen molar-refractivity contribution in [3.8, 4) is 0 Å². The first-order valence-corrected chi connectivity index (χ1v) is 7.74. The van der Waals surface area contributed by atoms with Crippen molar-refractivity contribution in [2.24, 2.45) is 23.1 Å². The van der Waals surface area contributed by atoms with Crippen LogP contribution in [0.15, 0.2) is 0 Å². The molecule has 3 unspecified atom stereocenters. The molecule has 4 heteroatoms. The number of rotatable bonds is 3. The molecule has 1 saturated carbocycles. The highest BCUT2D eigenvalue weighted by atomic mass is 16.5. The molecule has 2 saturated heterocycles. The van der Waals surface area contributed by atoms with Gasteiger partial charge in [0.2, 0.25) is 0 Å². The molecule has 0 bridgehead atoms. The Morgan fingerprint density at radius 3 is 2.42 bits per heavy atom. The van der Waals surface area contributed by atoms with Gasteiger partial charge >= 0.3 is 0 Å². The zero-order chi connectivity index (χ0) is 13.5. The molecule has 110 valence electrons. The minimum Gasteiger partial charge on any atom is -0.381 e. The third-order valence-corrected chi connectivity index (χ3v) is 5.66. The molecule has 0 radical (unpaired) electrons. The molecule has 1 spiro atoms. The first-order valence-electron chi connectivity index (χ1n) is 7.74. The lowest BCUT2D eigenvalue weighted by atomic mass is 9.76. The number of nitrogens with one attached hydrogen (secondary N) is 1. The Bertz CT molecular complexity index is 321. The second-order valence-electron chi connectivity index (χ2n) is 7.39. The Kier molecular flexibility index (Phi) is 3.63. The third-order valence-electron chi connectivity index (χ3n) is 5.66. The van der Waals surface area contributed by atoms with E-state index in [1.54, 1.807) is 0 Å². The summed E-state index contributed by atoms with van der Waals surface area (Å²) in [5, 5.41) is 0. The summed E-state index contributed by atoms with van der Waals surface area (Å²) in [7, 11) is 0. The van der Waals surface area contributed by atoms with Crippen molar-refractivity contribution in [2.75, 3.05) is 19.8 Å². The second kappa shape index (κ2) is 4.99. The Morgan fingerprint density at radius 1 is 1.16 bits per heavy atom. The van der Waals surface area contributed by atoms with Gasteiger partial charge in [-0.25, -0.2) is 0 Å². The molecule has 0 aromatic heterocycles. The summed E-state index contributed by atoms with van der Waals surface area (Å²) in [5.74, 6) is 7.26. The zero-order valence-electron chi connectivity index (χ0n) is 12.3. The predicted molar refractivity (Wildman–Crippen MR) is 74.5 cm³/mol. The number of hydrogen-bond donors (Lipinski definition) is 2. The van der Waals surface area contributed by atoms with Gasteiger partial charge < -0.3 is 9.47 Å². The highest BCUT2D eigenvalue weighted by Gasteiger charge is 2.53. The van der Waals surface area contributed by atoms with Crippen LogP contribution in [-0.4, -0.2) is 31.5 Å². The van der Waals surface area contributed by atoms with E-state index in [2.05, 4.69) is 19.3 Å². The van der Waals surface area contributed by atoms with Crippen molar-refractivity contribution in [1.82, 2.24) is 5.43 Å². The van der Waals surface area contributed by atoms with E-state index in [0.717, 1.165) is 51.4 Å². The number of hydrogen-bond acceptors (Lipinski definition) is 4. The van der Waals surface area contributed by atoms with Crippen molar-refractivity contribution in [1.29, 1.82) is 0 Å². The summed E-state index contributed by atoms with van der Waals surface area (Å²) in [5.41, 5.74) is 3.67. The Balaban J connectivity index is 1.67. The maximum Gasteiger partial charge on any atom is 0.0729 e. The highest BCUT2D eigenvalue weighted by Crippen LogP contribution is 2.56. The van der Waals surface area contributed by atoms with Gasteiger partial charge in [-0.1, -0.05) is 13.8 Å². The van der Waals surface area contributed by atoms with E-state index in [0.29, 0.717) is 17.4 Å². The zero-order valence-corrected chi connectivity index (χ0v) is 12.3. The Morgan fingerprint density at radius 2 is 1.84 bits per heavy atom. The van der Waals surface area contributed by atoms with E-state index in [1.165, 1.54) is 6.42 Å². The number of nitrogens with two attached hydrogens (primary N) is 1. The van der Waals surface area contributed by atoms with Crippen molar-refractivity contribution in [2.45, 2.75) is 57.6 Å². The van der Waals surface area contributed by atoms with Gasteiger partial charge in [-0.05, 0) is 49.4 Å². The van der Waals surface area contributed by atoms with Crippen molar-refractivity contribution in [3.05, 3.63) is 0 Å². The lowest BCUT2D eigenvalue weighted by Gasteiger charge is -2.45. The predicted octanol–water partition coefficient (Wildman–Crippen LogP) is 1.84. The van der Waals surface area contributed by atoms with Gasteiger partial charge in [0.1, 0.15) is 0 Å². The van der Waals surface area contributed by atoms with Crippen molar-refractivity contribution < 1.29 is 9.47 Å². The van der Waals surface area contributed by atoms with Crippen LogP contribution in [0.5, 0.6) is 0 Å². The summed E-state index contributed by atoms with van der Waals surface area (Å²) in [6, 6.07) is 0.457. The van der Waals surface area contributed by atoms with Gasteiger partial charge in [0.05, 0.1) is 5.60 Å². The molecule has 0 aromatic carbocycles. The molecule has 4 nitrogen and oxygen atoms in total. The van der Waals surface area contributed by atoms with Gasteiger partial charge in [-0.15, -0.1) is 0 Å². The summed E-state index contributed by atoms with van der Waals surface area (Å²) in [6.07, 6.45) is 5.70. The van der Waals surface area contributed by atoms with E-state index < -0.39 is 0 Å². The summed E-state index contributed by atoms with van der Waals surface area (Å²) in [4.78, 5) is 0. The van der Waals surface area contributed by atoms with E-state index >= 15 is 0 Å². The van der Waals surface area contributed by atoms with Crippen LogP contribution in [0.1, 0.15) is 46.0 Å². The molecule has 2 heterocycles. The topological polar surface area (TPSA) is 56.5 Å². The minimum absolute atomic E-state index is 0.0787. The molecule has 3 rings (SSSR count). The first-order chi connectivity index (χ1) is 9.06. The molecule has 1 aliphatic carbocycles. The second-order valence-corrected chi connectivity index (χ2v) is 7.39. The lowest BCUT2D eigenvalue weighted by Crippen LogP contribution is -2.51. The smallest absolute Gasteiger partial charge is 0.0729 e. The maximum atomic E-state index is 6.13. The molecule has 0 aromatic rings. The SMILES string of the molecule is CC1(C)CC1C(NN)C1CCOC2(CCOCC2)C1. The van der Waals surface area contributed by atoms with Gasteiger partial charge in [-0.2, -0.15) is 0 Å². The van der Waals surface area contributed by atoms with Crippen LogP contribution in [0.2, 0.25) is 0 Å². The standard InChI is InChI=1S/C15H28N2O2/c1-14(2)10-12(14)13(17-16)11-3-6-19-15(9-11)4-7-18-8-5-15/h11-13,17H,3-10,16H2,1-2H3. The number of hydrazine groups is 1. The lowest BCUT2D eigenvalue weighted by molar-refractivity contribution is -0.151. The van der Waals surface area contributed by atoms with Gasteiger partial charge in [0.25, 0.3) is 0 Å². The van der Waals surface area contributed by atoms with Crippen LogP contribution >= 0.6 is 0 Å².